The smallest absolute Gasteiger partial charge is 0.115 e. The van der Waals surface area contributed by atoms with Crippen molar-refractivity contribution in [1.82, 2.24) is 10.3 Å². The first-order chi connectivity index (χ1) is 9.06. The van der Waals surface area contributed by atoms with Crippen LogP contribution in [0.5, 0.6) is 5.75 Å². The summed E-state index contributed by atoms with van der Waals surface area (Å²) in [6.07, 6.45) is 1.78. The van der Waals surface area contributed by atoms with Gasteiger partial charge in [0.15, 0.2) is 0 Å². The highest BCUT2D eigenvalue weighted by atomic mass is 79.9. The van der Waals surface area contributed by atoms with Gasteiger partial charge in [0.25, 0.3) is 0 Å². The predicted octanol–water partition coefficient (Wildman–Crippen LogP) is 4.16. The molecule has 1 atom stereocenters. The van der Waals surface area contributed by atoms with Gasteiger partial charge in [-0.25, -0.2) is 0 Å². The first-order valence-corrected chi connectivity index (χ1v) is 7.47. The second-order valence-corrected chi connectivity index (χ2v) is 6.05. The molecule has 100 valence electrons. The second kappa shape index (κ2) is 6.50. The Morgan fingerprint density at radius 2 is 2.11 bits per heavy atom. The third kappa shape index (κ3) is 4.03. The lowest BCUT2D eigenvalue weighted by Crippen LogP contribution is -2.19. The first-order valence-electron chi connectivity index (χ1n) is 5.88. The molecule has 0 bridgehead atoms. The molecule has 1 heterocycles. The fourth-order valence-electron chi connectivity index (χ4n) is 1.73. The highest BCUT2D eigenvalue weighted by Crippen LogP contribution is 2.21. The standard InChI is InChI=1S/C14H14Br2N2O/c1-9(10-3-2-4-12(19)5-10)17-8-14-13(16)6-11(15)7-18-14/h2-7,9,17,19H,8H2,1H3. The van der Waals surface area contributed by atoms with Gasteiger partial charge in [0, 0.05) is 27.7 Å². The Hall–Kier alpha value is -0.910. The third-order valence-electron chi connectivity index (χ3n) is 2.83. The van der Waals surface area contributed by atoms with Crippen molar-refractivity contribution < 1.29 is 5.11 Å². The van der Waals surface area contributed by atoms with Crippen LogP contribution in [0.2, 0.25) is 0 Å². The molecule has 2 N–H and O–H groups in total. The maximum absolute atomic E-state index is 9.47. The summed E-state index contributed by atoms with van der Waals surface area (Å²) in [6.45, 7) is 2.71. The summed E-state index contributed by atoms with van der Waals surface area (Å²) >= 11 is 6.87. The largest absolute Gasteiger partial charge is 0.508 e. The minimum Gasteiger partial charge on any atom is -0.508 e. The molecule has 1 aromatic carbocycles. The van der Waals surface area contributed by atoms with Crippen molar-refractivity contribution in [3.8, 4) is 5.75 Å². The Labute approximate surface area is 129 Å². The summed E-state index contributed by atoms with van der Waals surface area (Å²) in [5.41, 5.74) is 2.00. The van der Waals surface area contributed by atoms with E-state index in [1.165, 1.54) is 0 Å². The van der Waals surface area contributed by atoms with Gasteiger partial charge in [-0.1, -0.05) is 12.1 Å². The molecule has 0 aliphatic carbocycles. The lowest BCUT2D eigenvalue weighted by Gasteiger charge is -2.14. The fraction of sp³-hybridized carbons (Fsp3) is 0.214. The molecular formula is C14H14Br2N2O. The summed E-state index contributed by atoms with van der Waals surface area (Å²) < 4.78 is 1.92. The van der Waals surface area contributed by atoms with Crippen LogP contribution in [0.25, 0.3) is 0 Å². The van der Waals surface area contributed by atoms with Crippen molar-refractivity contribution in [3.05, 3.63) is 56.7 Å². The number of aromatic hydroxyl groups is 1. The molecule has 19 heavy (non-hydrogen) atoms. The maximum Gasteiger partial charge on any atom is 0.115 e. The number of hydrogen-bond donors (Lipinski definition) is 2. The van der Waals surface area contributed by atoms with Crippen LogP contribution in [0.15, 0.2) is 45.5 Å². The van der Waals surface area contributed by atoms with Gasteiger partial charge in [-0.15, -0.1) is 0 Å². The zero-order valence-corrected chi connectivity index (χ0v) is 13.6. The van der Waals surface area contributed by atoms with E-state index in [9.17, 15) is 5.11 Å². The average Bonchev–Trinajstić information content (AvgIpc) is 2.37. The highest BCUT2D eigenvalue weighted by Gasteiger charge is 2.08. The van der Waals surface area contributed by atoms with Crippen molar-refractivity contribution in [3.63, 3.8) is 0 Å². The van der Waals surface area contributed by atoms with Gasteiger partial charge in [0.1, 0.15) is 5.75 Å². The van der Waals surface area contributed by atoms with Gasteiger partial charge in [0.05, 0.1) is 5.69 Å². The minimum absolute atomic E-state index is 0.143. The van der Waals surface area contributed by atoms with Crippen LogP contribution in [-0.4, -0.2) is 10.1 Å². The summed E-state index contributed by atoms with van der Waals surface area (Å²) in [6, 6.07) is 9.38. The van der Waals surface area contributed by atoms with Gasteiger partial charge in [-0.05, 0) is 62.5 Å². The second-order valence-electron chi connectivity index (χ2n) is 4.28. The number of nitrogens with zero attached hydrogens (tertiary/aromatic N) is 1. The quantitative estimate of drug-likeness (QED) is 0.830. The minimum atomic E-state index is 0.143. The van der Waals surface area contributed by atoms with E-state index < -0.39 is 0 Å². The molecule has 3 nitrogen and oxygen atoms in total. The number of benzene rings is 1. The zero-order chi connectivity index (χ0) is 13.8. The van der Waals surface area contributed by atoms with Crippen molar-refractivity contribution >= 4 is 31.9 Å². The molecule has 0 radical (unpaired) electrons. The highest BCUT2D eigenvalue weighted by molar-refractivity contribution is 9.11. The Bertz CT molecular complexity index is 575. The number of pyridine rings is 1. The molecule has 1 unspecified atom stereocenters. The normalized spacial score (nSPS) is 12.4. The number of aromatic nitrogens is 1. The summed E-state index contributed by atoms with van der Waals surface area (Å²) in [5.74, 6) is 0.286. The van der Waals surface area contributed by atoms with Crippen LogP contribution in [0.3, 0.4) is 0 Å². The van der Waals surface area contributed by atoms with Crippen LogP contribution in [-0.2, 0) is 6.54 Å². The van der Waals surface area contributed by atoms with E-state index in [-0.39, 0.29) is 11.8 Å². The number of phenolic OH excluding ortho intramolecular Hbond substituents is 1. The van der Waals surface area contributed by atoms with E-state index in [1.807, 2.05) is 18.2 Å². The van der Waals surface area contributed by atoms with E-state index >= 15 is 0 Å². The average molecular weight is 386 g/mol. The summed E-state index contributed by atoms with van der Waals surface area (Å²) in [5, 5.41) is 12.9. The Morgan fingerprint density at radius 3 is 2.79 bits per heavy atom. The number of phenols is 1. The molecule has 2 rings (SSSR count). The van der Waals surface area contributed by atoms with E-state index in [2.05, 4.69) is 49.1 Å². The molecule has 0 aliphatic rings. The number of rotatable bonds is 4. The molecular weight excluding hydrogens is 372 g/mol. The van der Waals surface area contributed by atoms with E-state index in [4.69, 9.17) is 0 Å². The molecule has 0 amide bonds. The van der Waals surface area contributed by atoms with Gasteiger partial charge in [-0.3, -0.25) is 4.98 Å². The Morgan fingerprint density at radius 1 is 1.32 bits per heavy atom. The molecule has 0 fully saturated rings. The van der Waals surface area contributed by atoms with Gasteiger partial charge < -0.3 is 10.4 Å². The predicted molar refractivity (Wildman–Crippen MR) is 83.0 cm³/mol. The monoisotopic (exact) mass is 384 g/mol. The lowest BCUT2D eigenvalue weighted by atomic mass is 10.1. The van der Waals surface area contributed by atoms with Gasteiger partial charge >= 0.3 is 0 Å². The topological polar surface area (TPSA) is 45.2 Å². The van der Waals surface area contributed by atoms with Crippen molar-refractivity contribution in [2.24, 2.45) is 0 Å². The summed E-state index contributed by atoms with van der Waals surface area (Å²) in [4.78, 5) is 4.36. The zero-order valence-electron chi connectivity index (χ0n) is 10.4. The molecule has 1 aromatic heterocycles. The van der Waals surface area contributed by atoms with E-state index in [0.717, 1.165) is 20.2 Å². The summed E-state index contributed by atoms with van der Waals surface area (Å²) in [7, 11) is 0. The van der Waals surface area contributed by atoms with Crippen LogP contribution in [0.1, 0.15) is 24.2 Å². The van der Waals surface area contributed by atoms with Gasteiger partial charge in [0.2, 0.25) is 0 Å². The van der Waals surface area contributed by atoms with Crippen LogP contribution in [0, 0.1) is 0 Å². The fourth-order valence-corrected chi connectivity index (χ4v) is 2.86. The van der Waals surface area contributed by atoms with Crippen LogP contribution >= 0.6 is 31.9 Å². The molecule has 0 aliphatic heterocycles. The van der Waals surface area contributed by atoms with Gasteiger partial charge in [-0.2, -0.15) is 0 Å². The number of nitrogens with one attached hydrogen (secondary N) is 1. The first kappa shape index (κ1) is 14.5. The van der Waals surface area contributed by atoms with Crippen molar-refractivity contribution in [1.29, 1.82) is 0 Å². The van der Waals surface area contributed by atoms with E-state index in [1.54, 1.807) is 18.3 Å². The molecule has 5 heteroatoms. The van der Waals surface area contributed by atoms with Crippen molar-refractivity contribution in [2.45, 2.75) is 19.5 Å². The molecule has 2 aromatic rings. The Kier molecular flexibility index (Phi) is 4.96. The lowest BCUT2D eigenvalue weighted by molar-refractivity contribution is 0.472. The van der Waals surface area contributed by atoms with E-state index in [0.29, 0.717) is 6.54 Å². The molecule has 0 saturated heterocycles. The maximum atomic E-state index is 9.47. The van der Waals surface area contributed by atoms with Crippen LogP contribution in [0.4, 0.5) is 0 Å². The van der Waals surface area contributed by atoms with Crippen LogP contribution < -0.4 is 5.32 Å². The number of halogens is 2. The molecule has 0 saturated carbocycles. The Balaban J connectivity index is 2.02. The van der Waals surface area contributed by atoms with Crippen molar-refractivity contribution in [2.75, 3.05) is 0 Å². The SMILES string of the molecule is CC(NCc1ncc(Br)cc1Br)c1cccc(O)c1. The molecule has 0 spiro atoms. The third-order valence-corrected chi connectivity index (χ3v) is 3.95. The number of hydrogen-bond acceptors (Lipinski definition) is 3.